The quantitative estimate of drug-likeness (QED) is 0.497. The summed E-state index contributed by atoms with van der Waals surface area (Å²) in [5, 5.41) is 14.6. The highest BCUT2D eigenvalue weighted by molar-refractivity contribution is 6.42. The predicted molar refractivity (Wildman–Crippen MR) is 128 cm³/mol. The second-order valence-electron chi connectivity index (χ2n) is 8.19. The van der Waals surface area contributed by atoms with Gasteiger partial charge < -0.3 is 20.6 Å². The molecule has 3 N–H and O–H groups in total. The Morgan fingerprint density at radius 1 is 1.03 bits per heavy atom. The van der Waals surface area contributed by atoms with E-state index in [1.165, 1.54) is 0 Å². The second kappa shape index (κ2) is 12.3. The van der Waals surface area contributed by atoms with E-state index in [1.807, 2.05) is 32.0 Å². The van der Waals surface area contributed by atoms with Gasteiger partial charge in [0.05, 0.1) is 10.0 Å². The van der Waals surface area contributed by atoms with Gasteiger partial charge in [0.2, 0.25) is 5.95 Å². The van der Waals surface area contributed by atoms with Gasteiger partial charge in [-0.15, -0.1) is 0 Å². The molecule has 0 atom stereocenters. The van der Waals surface area contributed by atoms with Crippen molar-refractivity contribution in [3.63, 3.8) is 0 Å². The van der Waals surface area contributed by atoms with Crippen LogP contribution in [0.1, 0.15) is 41.7 Å². The maximum Gasteiger partial charge on any atom is 0.490 e. The third kappa shape index (κ3) is 9.06. The van der Waals surface area contributed by atoms with Crippen LogP contribution in [0.25, 0.3) is 0 Å². The largest absolute Gasteiger partial charge is 0.490 e. The number of halogens is 5. The molecular formula is C22H26Cl2F3N5O3. The van der Waals surface area contributed by atoms with Gasteiger partial charge in [-0.1, -0.05) is 23.2 Å². The van der Waals surface area contributed by atoms with E-state index >= 15 is 0 Å². The van der Waals surface area contributed by atoms with Crippen molar-refractivity contribution < 1.29 is 27.9 Å². The first kappa shape index (κ1) is 28.4. The van der Waals surface area contributed by atoms with Crippen molar-refractivity contribution in [3.05, 3.63) is 45.6 Å². The third-order valence-electron chi connectivity index (χ3n) is 5.08. The molecule has 1 fully saturated rings. The van der Waals surface area contributed by atoms with Crippen molar-refractivity contribution in [1.29, 1.82) is 0 Å². The molecule has 8 nitrogen and oxygen atoms in total. The first-order chi connectivity index (χ1) is 16.3. The standard InChI is InChI=1S/C20H25Cl2N5O.C2HF3O2/c1-12-10-18(26-20(23-12)27(2)3)24-14-5-7-15(8-6-14)25-19(28)13-4-9-16(21)17(22)11-13;3-2(4,5)1(6)7/h4,9-11,14-15H,5-8H2,1-3H3,(H,25,28)(H,23,24,26);(H,6,7). The highest BCUT2D eigenvalue weighted by Gasteiger charge is 2.38. The lowest BCUT2D eigenvalue weighted by Gasteiger charge is -2.30. The number of anilines is 2. The van der Waals surface area contributed by atoms with Crippen LogP contribution in [-0.2, 0) is 4.79 Å². The minimum atomic E-state index is -5.08. The van der Waals surface area contributed by atoms with Crippen LogP contribution in [0.3, 0.4) is 0 Å². The number of benzene rings is 1. The summed E-state index contributed by atoms with van der Waals surface area (Å²) in [5.74, 6) is -1.32. The fraction of sp³-hybridized carbons (Fsp3) is 0.455. The number of aromatic nitrogens is 2. The summed E-state index contributed by atoms with van der Waals surface area (Å²) in [6.07, 6.45) is -1.33. The molecule has 0 saturated heterocycles. The van der Waals surface area contributed by atoms with E-state index in [0.29, 0.717) is 27.6 Å². The fourth-order valence-electron chi connectivity index (χ4n) is 3.32. The Morgan fingerprint density at radius 3 is 2.11 bits per heavy atom. The predicted octanol–water partition coefficient (Wildman–Crippen LogP) is 4.94. The molecule has 1 aromatic heterocycles. The molecular weight excluding hydrogens is 510 g/mol. The van der Waals surface area contributed by atoms with Crippen LogP contribution in [-0.4, -0.2) is 59.3 Å². The number of nitrogens with one attached hydrogen (secondary N) is 2. The van der Waals surface area contributed by atoms with Crippen molar-refractivity contribution in [1.82, 2.24) is 15.3 Å². The van der Waals surface area contributed by atoms with E-state index in [-0.39, 0.29) is 11.9 Å². The molecule has 0 unspecified atom stereocenters. The number of carbonyl (C=O) groups excluding carboxylic acids is 1. The molecule has 1 heterocycles. The lowest BCUT2D eigenvalue weighted by atomic mass is 9.91. The van der Waals surface area contributed by atoms with Crippen LogP contribution in [0.2, 0.25) is 10.0 Å². The topological polar surface area (TPSA) is 107 Å². The Kier molecular flexibility index (Phi) is 9.96. The average Bonchev–Trinajstić information content (AvgIpc) is 2.76. The first-order valence-electron chi connectivity index (χ1n) is 10.6. The molecule has 1 aliphatic carbocycles. The second-order valence-corrected chi connectivity index (χ2v) is 9.00. The van der Waals surface area contributed by atoms with E-state index < -0.39 is 12.1 Å². The number of aryl methyl sites for hydroxylation is 1. The van der Waals surface area contributed by atoms with Crippen molar-refractivity contribution in [2.75, 3.05) is 24.3 Å². The van der Waals surface area contributed by atoms with Gasteiger partial charge in [0.1, 0.15) is 5.82 Å². The van der Waals surface area contributed by atoms with Crippen molar-refractivity contribution in [3.8, 4) is 0 Å². The lowest BCUT2D eigenvalue weighted by Crippen LogP contribution is -2.40. The zero-order valence-electron chi connectivity index (χ0n) is 19.3. The van der Waals surface area contributed by atoms with E-state index in [1.54, 1.807) is 18.2 Å². The Balaban J connectivity index is 0.000000540. The number of aliphatic carboxylic acids is 1. The maximum atomic E-state index is 12.4. The zero-order valence-corrected chi connectivity index (χ0v) is 20.8. The lowest BCUT2D eigenvalue weighted by molar-refractivity contribution is -0.192. The van der Waals surface area contributed by atoms with Crippen LogP contribution >= 0.6 is 23.2 Å². The van der Waals surface area contributed by atoms with Gasteiger partial charge in [-0.05, 0) is 50.8 Å². The van der Waals surface area contributed by atoms with E-state index in [2.05, 4.69) is 20.6 Å². The Bertz CT molecular complexity index is 1050. The number of rotatable bonds is 5. The number of amides is 1. The SMILES string of the molecule is Cc1cc(NC2CCC(NC(=O)c3ccc(Cl)c(Cl)c3)CC2)nc(N(C)C)n1.O=C(O)C(F)(F)F. The van der Waals surface area contributed by atoms with E-state index in [9.17, 15) is 18.0 Å². The van der Waals surface area contributed by atoms with Crippen LogP contribution < -0.4 is 15.5 Å². The molecule has 0 radical (unpaired) electrons. The number of hydrogen-bond acceptors (Lipinski definition) is 6. The summed E-state index contributed by atoms with van der Waals surface area (Å²) in [4.78, 5) is 32.2. The Morgan fingerprint density at radius 2 is 1.60 bits per heavy atom. The summed E-state index contributed by atoms with van der Waals surface area (Å²) in [6, 6.07) is 7.39. The highest BCUT2D eigenvalue weighted by atomic mass is 35.5. The van der Waals surface area contributed by atoms with E-state index in [0.717, 1.165) is 37.2 Å². The normalized spacial score (nSPS) is 17.6. The monoisotopic (exact) mass is 535 g/mol. The zero-order chi connectivity index (χ0) is 26.3. The Hall–Kier alpha value is -2.79. The maximum absolute atomic E-state index is 12.4. The number of nitrogens with zero attached hydrogens (tertiary/aromatic N) is 3. The molecule has 1 saturated carbocycles. The molecule has 2 aromatic rings. The Labute approximate surface area is 210 Å². The average molecular weight is 536 g/mol. The molecule has 0 aliphatic heterocycles. The van der Waals surface area contributed by atoms with Crippen LogP contribution in [0.4, 0.5) is 24.9 Å². The van der Waals surface area contributed by atoms with Crippen LogP contribution in [0.5, 0.6) is 0 Å². The van der Waals surface area contributed by atoms with Crippen molar-refractivity contribution in [2.24, 2.45) is 0 Å². The summed E-state index contributed by atoms with van der Waals surface area (Å²) in [5.41, 5.74) is 1.46. The van der Waals surface area contributed by atoms with Crippen LogP contribution in [0, 0.1) is 6.92 Å². The number of carbonyl (C=O) groups is 2. The number of alkyl halides is 3. The molecule has 1 aromatic carbocycles. The third-order valence-corrected chi connectivity index (χ3v) is 5.82. The highest BCUT2D eigenvalue weighted by Crippen LogP contribution is 2.25. The minimum absolute atomic E-state index is 0.114. The molecule has 3 rings (SSSR count). The van der Waals surface area contributed by atoms with Crippen LogP contribution in [0.15, 0.2) is 24.3 Å². The van der Waals surface area contributed by atoms with Gasteiger partial charge in [0, 0.05) is 43.5 Å². The van der Waals surface area contributed by atoms with Gasteiger partial charge >= 0.3 is 12.1 Å². The minimum Gasteiger partial charge on any atom is -0.475 e. The number of carboxylic acid groups (broad SMARTS) is 1. The molecule has 192 valence electrons. The smallest absolute Gasteiger partial charge is 0.475 e. The first-order valence-corrected chi connectivity index (χ1v) is 11.4. The van der Waals surface area contributed by atoms with Gasteiger partial charge in [-0.2, -0.15) is 18.2 Å². The molecule has 0 spiro atoms. The summed E-state index contributed by atoms with van der Waals surface area (Å²) in [7, 11) is 3.86. The molecule has 1 aliphatic rings. The molecule has 13 heteroatoms. The summed E-state index contributed by atoms with van der Waals surface area (Å²) < 4.78 is 31.7. The summed E-state index contributed by atoms with van der Waals surface area (Å²) in [6.45, 7) is 1.97. The molecule has 0 bridgehead atoms. The van der Waals surface area contributed by atoms with Gasteiger partial charge in [-0.25, -0.2) is 9.78 Å². The van der Waals surface area contributed by atoms with Crippen molar-refractivity contribution >= 4 is 46.8 Å². The van der Waals surface area contributed by atoms with Gasteiger partial charge in [0.25, 0.3) is 5.91 Å². The van der Waals surface area contributed by atoms with Crippen molar-refractivity contribution in [2.45, 2.75) is 50.9 Å². The summed E-state index contributed by atoms with van der Waals surface area (Å²) >= 11 is 11.9. The molecule has 1 amide bonds. The number of hydrogen-bond donors (Lipinski definition) is 3. The van der Waals surface area contributed by atoms with Gasteiger partial charge in [0.15, 0.2) is 0 Å². The number of carboxylic acids is 1. The van der Waals surface area contributed by atoms with E-state index in [4.69, 9.17) is 33.1 Å². The van der Waals surface area contributed by atoms with Gasteiger partial charge in [-0.3, -0.25) is 4.79 Å². The fourth-order valence-corrected chi connectivity index (χ4v) is 3.62. The molecule has 35 heavy (non-hydrogen) atoms.